The van der Waals surface area contributed by atoms with Crippen LogP contribution >= 0.6 is 0 Å². The van der Waals surface area contributed by atoms with Gasteiger partial charge in [0.05, 0.1) is 35.4 Å². The minimum absolute atomic E-state index is 0.0354. The van der Waals surface area contributed by atoms with Crippen LogP contribution in [0.3, 0.4) is 0 Å². The maximum atomic E-state index is 13.2. The predicted molar refractivity (Wildman–Crippen MR) is 113 cm³/mol. The van der Waals surface area contributed by atoms with E-state index in [-0.39, 0.29) is 12.6 Å². The number of aliphatic hydroxyl groups excluding tert-OH is 1. The number of nitrogens with zero attached hydrogens (tertiary/aromatic N) is 3. The van der Waals surface area contributed by atoms with Crippen molar-refractivity contribution in [3.05, 3.63) is 18.1 Å². The molecule has 0 unspecified atom stereocenters. The second kappa shape index (κ2) is 10.9. The van der Waals surface area contributed by atoms with Gasteiger partial charge in [-0.3, -0.25) is 9.11 Å². The molecule has 6 N–H and O–H groups in total. The van der Waals surface area contributed by atoms with Crippen LogP contribution in [0.4, 0.5) is 16.2 Å². The van der Waals surface area contributed by atoms with Crippen LogP contribution in [0.2, 0.25) is 0 Å². The van der Waals surface area contributed by atoms with Crippen molar-refractivity contribution in [2.45, 2.75) is 38.6 Å². The molecule has 0 aliphatic carbocycles. The Balaban J connectivity index is 0.000000407. The molecule has 2 aromatic heterocycles. The second-order valence-corrected chi connectivity index (χ2v) is 10.1. The fourth-order valence-corrected chi connectivity index (χ4v) is 4.03. The molecule has 12 nitrogen and oxygen atoms in total. The number of hydrogen-bond donors (Lipinski definition) is 5. The molecule has 176 valence electrons. The molecule has 0 radical (unpaired) electrons. The van der Waals surface area contributed by atoms with Crippen molar-refractivity contribution in [3.63, 3.8) is 0 Å². The zero-order chi connectivity index (χ0) is 23.9. The number of unbranched alkanes of at least 4 members (excludes halogenated alkanes) is 1. The maximum absolute atomic E-state index is 13.2. The summed E-state index contributed by atoms with van der Waals surface area (Å²) in [6.07, 6.45) is 3.86. The number of nitrogen functional groups attached to an aromatic ring is 1. The Labute approximate surface area is 179 Å². The van der Waals surface area contributed by atoms with Gasteiger partial charge in [0.2, 0.25) is 5.95 Å². The number of anilines is 2. The molecule has 0 aliphatic rings. The highest BCUT2D eigenvalue weighted by molar-refractivity contribution is 7.89. The van der Waals surface area contributed by atoms with Crippen LogP contribution in [-0.2, 0) is 20.2 Å². The molecule has 0 saturated carbocycles. The van der Waals surface area contributed by atoms with E-state index in [1.54, 1.807) is 0 Å². The lowest BCUT2D eigenvalue weighted by Crippen LogP contribution is -2.39. The third-order valence-electron chi connectivity index (χ3n) is 3.97. The number of nitrogens with two attached hydrogens (primary N) is 1. The van der Waals surface area contributed by atoms with Gasteiger partial charge in [-0.2, -0.15) is 21.8 Å². The van der Waals surface area contributed by atoms with Gasteiger partial charge in [0.15, 0.2) is 5.82 Å². The van der Waals surface area contributed by atoms with Gasteiger partial charge in [0, 0.05) is 6.07 Å². The summed E-state index contributed by atoms with van der Waals surface area (Å²) in [5, 5.41) is 12.8. The summed E-state index contributed by atoms with van der Waals surface area (Å²) in [7, 11) is -8.59. The molecular formula is C16H26FN5O7S2. The standard InChI is InChI=1S/C14H20FN5O.C2H6O6S2/c1-3-4-5-14(2,8-21)20-12-11-10(18-13(16)19-12)6-9(15)7-17-11;3-9(4,5)1-2-10(6,7)8/h6-7,21H,3-5,8H2,1-2H3,(H3,16,18,19,20);1-2H2,(H,3,4,5)(H,6,7,8)/t14-;/m1./s1. The van der Waals surface area contributed by atoms with Crippen LogP contribution in [-0.4, -0.2) is 69.7 Å². The predicted octanol–water partition coefficient (Wildman–Crippen LogP) is 0.861. The average molecular weight is 484 g/mol. The molecule has 2 heterocycles. The van der Waals surface area contributed by atoms with Crippen LogP contribution in [0, 0.1) is 5.82 Å². The average Bonchev–Trinajstić information content (AvgIpc) is 2.64. The van der Waals surface area contributed by atoms with Gasteiger partial charge in [0.25, 0.3) is 20.2 Å². The highest BCUT2D eigenvalue weighted by atomic mass is 32.2. The Morgan fingerprint density at radius 3 is 2.23 bits per heavy atom. The summed E-state index contributed by atoms with van der Waals surface area (Å²) >= 11 is 0. The van der Waals surface area contributed by atoms with Crippen molar-refractivity contribution in [3.8, 4) is 0 Å². The summed E-state index contributed by atoms with van der Waals surface area (Å²) in [4.78, 5) is 12.1. The molecule has 15 heteroatoms. The summed E-state index contributed by atoms with van der Waals surface area (Å²) in [6.45, 7) is 3.93. The second-order valence-electron chi connectivity index (χ2n) is 6.97. The highest BCUT2D eigenvalue weighted by Crippen LogP contribution is 2.25. The molecule has 0 spiro atoms. The van der Waals surface area contributed by atoms with Crippen LogP contribution in [0.25, 0.3) is 11.0 Å². The molecule has 0 bridgehead atoms. The Bertz CT molecular complexity index is 1060. The van der Waals surface area contributed by atoms with E-state index in [0.717, 1.165) is 25.5 Å². The normalized spacial score (nSPS) is 13.9. The Hall–Kier alpha value is -2.20. The number of aliphatic hydroxyl groups is 1. The molecular weight excluding hydrogens is 457 g/mol. The first-order valence-corrected chi connectivity index (χ1v) is 12.3. The smallest absolute Gasteiger partial charge is 0.265 e. The molecule has 2 rings (SSSR count). The molecule has 2 aromatic rings. The number of rotatable bonds is 9. The van der Waals surface area contributed by atoms with E-state index >= 15 is 0 Å². The summed E-state index contributed by atoms with van der Waals surface area (Å²) in [6, 6.07) is 1.26. The third kappa shape index (κ3) is 10.1. The number of halogens is 1. The van der Waals surface area contributed by atoms with Crippen LogP contribution < -0.4 is 11.1 Å². The first kappa shape index (κ1) is 26.8. The first-order valence-electron chi connectivity index (χ1n) is 9.06. The number of hydrogen-bond acceptors (Lipinski definition) is 10. The third-order valence-corrected chi connectivity index (χ3v) is 5.67. The minimum atomic E-state index is -4.30. The number of aromatic nitrogens is 3. The quantitative estimate of drug-likeness (QED) is 0.315. The van der Waals surface area contributed by atoms with E-state index in [2.05, 4.69) is 27.2 Å². The largest absolute Gasteiger partial charge is 0.394 e. The number of pyridine rings is 1. The Morgan fingerprint density at radius 1 is 1.16 bits per heavy atom. The maximum Gasteiger partial charge on any atom is 0.265 e. The summed E-state index contributed by atoms with van der Waals surface area (Å²) in [5.41, 5.74) is 5.88. The molecule has 0 amide bonds. The van der Waals surface area contributed by atoms with Crippen molar-refractivity contribution in [2.75, 3.05) is 29.2 Å². The monoisotopic (exact) mass is 483 g/mol. The van der Waals surface area contributed by atoms with E-state index in [9.17, 15) is 26.3 Å². The van der Waals surface area contributed by atoms with E-state index in [4.69, 9.17) is 14.8 Å². The first-order chi connectivity index (χ1) is 14.2. The van der Waals surface area contributed by atoms with Crippen molar-refractivity contribution in [2.24, 2.45) is 0 Å². The van der Waals surface area contributed by atoms with Gasteiger partial charge in [-0.25, -0.2) is 14.4 Å². The van der Waals surface area contributed by atoms with E-state index < -0.39 is 43.1 Å². The van der Waals surface area contributed by atoms with E-state index in [1.165, 1.54) is 6.07 Å². The van der Waals surface area contributed by atoms with Gasteiger partial charge in [-0.1, -0.05) is 19.8 Å². The van der Waals surface area contributed by atoms with Crippen molar-refractivity contribution in [1.82, 2.24) is 15.0 Å². The Morgan fingerprint density at radius 2 is 1.74 bits per heavy atom. The highest BCUT2D eigenvalue weighted by Gasteiger charge is 2.24. The van der Waals surface area contributed by atoms with Crippen LogP contribution in [0.5, 0.6) is 0 Å². The molecule has 31 heavy (non-hydrogen) atoms. The SMILES string of the molecule is CCCC[C@](C)(CO)Nc1nc(N)nc2cc(F)cnc12.O=S(=O)(O)CCS(=O)(=O)O. The molecule has 0 aliphatic heterocycles. The number of nitrogens with one attached hydrogen (secondary N) is 1. The van der Waals surface area contributed by atoms with Gasteiger partial charge < -0.3 is 16.2 Å². The van der Waals surface area contributed by atoms with E-state index in [1.807, 2.05) is 6.92 Å². The zero-order valence-electron chi connectivity index (χ0n) is 17.0. The fraction of sp³-hybridized carbons (Fsp3) is 0.562. The summed E-state index contributed by atoms with van der Waals surface area (Å²) < 4.78 is 68.6. The lowest BCUT2D eigenvalue weighted by Gasteiger charge is -2.29. The van der Waals surface area contributed by atoms with Gasteiger partial charge >= 0.3 is 0 Å². The zero-order valence-corrected chi connectivity index (χ0v) is 18.6. The van der Waals surface area contributed by atoms with Crippen molar-refractivity contribution < 1.29 is 35.4 Å². The van der Waals surface area contributed by atoms with Crippen LogP contribution in [0.15, 0.2) is 12.3 Å². The van der Waals surface area contributed by atoms with Gasteiger partial charge in [-0.15, -0.1) is 0 Å². The minimum Gasteiger partial charge on any atom is -0.394 e. The van der Waals surface area contributed by atoms with Crippen LogP contribution in [0.1, 0.15) is 33.1 Å². The van der Waals surface area contributed by atoms with Gasteiger partial charge in [-0.05, 0) is 13.3 Å². The summed E-state index contributed by atoms with van der Waals surface area (Å²) in [5.74, 6) is -2.00. The lowest BCUT2D eigenvalue weighted by atomic mass is 9.96. The van der Waals surface area contributed by atoms with Gasteiger partial charge in [0.1, 0.15) is 11.3 Å². The van der Waals surface area contributed by atoms with Crippen molar-refractivity contribution in [1.29, 1.82) is 0 Å². The van der Waals surface area contributed by atoms with E-state index in [0.29, 0.717) is 16.9 Å². The fourth-order valence-electron chi connectivity index (χ4n) is 2.34. The number of fused-ring (bicyclic) bond motifs is 1. The molecule has 0 saturated heterocycles. The molecule has 0 aromatic carbocycles. The van der Waals surface area contributed by atoms with Crippen molar-refractivity contribution >= 4 is 43.0 Å². The topological polar surface area (TPSA) is 206 Å². The Kier molecular flexibility index (Phi) is 9.44. The molecule has 0 fully saturated rings. The molecule has 1 atom stereocenters. The lowest BCUT2D eigenvalue weighted by molar-refractivity contribution is 0.212.